The van der Waals surface area contributed by atoms with Crippen molar-refractivity contribution in [2.75, 3.05) is 0 Å². The molecule has 0 spiro atoms. The summed E-state index contributed by atoms with van der Waals surface area (Å²) in [6.45, 7) is 0. The summed E-state index contributed by atoms with van der Waals surface area (Å²) in [6.07, 6.45) is 3.56. The summed E-state index contributed by atoms with van der Waals surface area (Å²) < 4.78 is 12.4. The highest BCUT2D eigenvalue weighted by Crippen LogP contribution is 2.31. The van der Waals surface area contributed by atoms with Crippen LogP contribution in [0, 0.1) is 27.4 Å². The van der Waals surface area contributed by atoms with Gasteiger partial charge in [-0.1, -0.05) is 12.8 Å². The molecule has 1 aliphatic rings. The van der Waals surface area contributed by atoms with Crippen molar-refractivity contribution in [3.8, 4) is 6.07 Å². The molecule has 19 heavy (non-hydrogen) atoms. The Hall–Kier alpha value is -1.74. The summed E-state index contributed by atoms with van der Waals surface area (Å²) >= 11 is 0. The molecule has 0 aliphatic heterocycles. The van der Waals surface area contributed by atoms with Crippen molar-refractivity contribution in [2.24, 2.45) is 5.92 Å². The smallest absolute Gasteiger partial charge is 0.258 e. The number of rotatable bonds is 3. The lowest BCUT2D eigenvalue weighted by Crippen LogP contribution is -2.28. The summed E-state index contributed by atoms with van der Waals surface area (Å²) in [7, 11) is -1.27. The van der Waals surface area contributed by atoms with Crippen LogP contribution in [0.5, 0.6) is 0 Å². The van der Waals surface area contributed by atoms with E-state index in [1.807, 2.05) is 0 Å². The first-order valence-corrected chi connectivity index (χ1v) is 7.39. The molecule has 1 aromatic rings. The third kappa shape index (κ3) is 2.99. The van der Waals surface area contributed by atoms with Gasteiger partial charge in [-0.25, -0.2) is 0 Å². The Morgan fingerprint density at radius 1 is 1.26 bits per heavy atom. The predicted octanol–water partition coefficient (Wildman–Crippen LogP) is 2.78. The van der Waals surface area contributed by atoms with Gasteiger partial charge in [0.2, 0.25) is 0 Å². The van der Waals surface area contributed by atoms with Gasteiger partial charge in [-0.15, -0.1) is 0 Å². The van der Waals surface area contributed by atoms with Gasteiger partial charge in [-0.05, 0) is 25.0 Å². The molecule has 3 unspecified atom stereocenters. The number of benzene rings is 1. The molecule has 100 valence electrons. The normalized spacial score (nSPS) is 24.4. The molecular weight excluding hydrogens is 264 g/mol. The van der Waals surface area contributed by atoms with Crippen LogP contribution in [0.3, 0.4) is 0 Å². The molecule has 6 heteroatoms. The quantitative estimate of drug-likeness (QED) is 0.628. The van der Waals surface area contributed by atoms with Crippen molar-refractivity contribution in [3.63, 3.8) is 0 Å². The van der Waals surface area contributed by atoms with Crippen molar-refractivity contribution in [2.45, 2.75) is 35.8 Å². The number of non-ortho nitro benzene ring substituents is 1. The van der Waals surface area contributed by atoms with Crippen LogP contribution >= 0.6 is 0 Å². The van der Waals surface area contributed by atoms with Crippen LogP contribution in [0.2, 0.25) is 0 Å². The molecule has 1 aliphatic carbocycles. The zero-order valence-electron chi connectivity index (χ0n) is 10.3. The molecule has 1 saturated carbocycles. The second-order valence-electron chi connectivity index (χ2n) is 4.61. The molecule has 0 saturated heterocycles. The van der Waals surface area contributed by atoms with E-state index in [1.54, 1.807) is 0 Å². The zero-order chi connectivity index (χ0) is 13.8. The van der Waals surface area contributed by atoms with E-state index < -0.39 is 15.7 Å². The van der Waals surface area contributed by atoms with E-state index >= 15 is 0 Å². The van der Waals surface area contributed by atoms with Gasteiger partial charge >= 0.3 is 0 Å². The lowest BCUT2D eigenvalue weighted by atomic mass is 9.90. The Bertz CT molecular complexity index is 536. The minimum atomic E-state index is -1.27. The fraction of sp³-hybridized carbons (Fsp3) is 0.462. The van der Waals surface area contributed by atoms with E-state index in [0.717, 1.165) is 25.7 Å². The van der Waals surface area contributed by atoms with Crippen molar-refractivity contribution >= 4 is 16.5 Å². The number of nitrogens with zero attached hydrogens (tertiary/aromatic N) is 2. The van der Waals surface area contributed by atoms with E-state index in [2.05, 4.69) is 6.07 Å². The Balaban J connectivity index is 2.19. The average molecular weight is 278 g/mol. The van der Waals surface area contributed by atoms with E-state index in [9.17, 15) is 14.3 Å². The maximum atomic E-state index is 12.4. The Morgan fingerprint density at radius 3 is 2.47 bits per heavy atom. The van der Waals surface area contributed by atoms with E-state index in [1.165, 1.54) is 24.3 Å². The molecule has 0 heterocycles. The van der Waals surface area contributed by atoms with Gasteiger partial charge in [0.15, 0.2) is 0 Å². The minimum Gasteiger partial charge on any atom is -0.258 e. The number of nitro benzene ring substituents is 1. The lowest BCUT2D eigenvalue weighted by Gasteiger charge is -2.25. The molecule has 0 N–H and O–H groups in total. The molecule has 5 nitrogen and oxygen atoms in total. The van der Waals surface area contributed by atoms with E-state index in [4.69, 9.17) is 5.26 Å². The maximum absolute atomic E-state index is 12.4. The van der Waals surface area contributed by atoms with Crippen LogP contribution < -0.4 is 0 Å². The standard InChI is InChI=1S/C13H14N2O3S/c14-9-10-3-1-2-4-13(10)19(18)12-7-5-11(6-8-12)15(16)17/h5-8,10,13H,1-4H2. The third-order valence-electron chi connectivity index (χ3n) is 3.42. The van der Waals surface area contributed by atoms with Gasteiger partial charge in [0.25, 0.3) is 5.69 Å². The topological polar surface area (TPSA) is 84.0 Å². The first-order valence-electron chi connectivity index (χ1n) is 6.18. The van der Waals surface area contributed by atoms with E-state index in [0.29, 0.717) is 4.90 Å². The zero-order valence-corrected chi connectivity index (χ0v) is 11.1. The summed E-state index contributed by atoms with van der Waals surface area (Å²) in [5, 5.41) is 19.5. The van der Waals surface area contributed by atoms with Gasteiger partial charge in [-0.2, -0.15) is 5.26 Å². The summed E-state index contributed by atoms with van der Waals surface area (Å²) in [5.41, 5.74) is -0.0128. The molecule has 0 amide bonds. The second-order valence-corrected chi connectivity index (χ2v) is 6.28. The molecule has 0 radical (unpaired) electrons. The summed E-state index contributed by atoms with van der Waals surface area (Å²) in [5.74, 6) is -0.176. The van der Waals surface area contributed by atoms with Crippen molar-refractivity contribution in [1.82, 2.24) is 0 Å². The van der Waals surface area contributed by atoms with Crippen molar-refractivity contribution in [3.05, 3.63) is 34.4 Å². The maximum Gasteiger partial charge on any atom is 0.269 e. The van der Waals surface area contributed by atoms with Crippen LogP contribution in [0.4, 0.5) is 5.69 Å². The monoisotopic (exact) mass is 278 g/mol. The van der Waals surface area contributed by atoms with Crippen molar-refractivity contribution < 1.29 is 9.13 Å². The summed E-state index contributed by atoms with van der Waals surface area (Å²) in [6, 6.07) is 8.00. The van der Waals surface area contributed by atoms with E-state index in [-0.39, 0.29) is 16.9 Å². The first kappa shape index (κ1) is 13.7. The molecule has 0 bridgehead atoms. The largest absolute Gasteiger partial charge is 0.269 e. The fourth-order valence-electron chi connectivity index (χ4n) is 2.38. The Morgan fingerprint density at radius 2 is 1.89 bits per heavy atom. The molecule has 2 rings (SSSR count). The Kier molecular flexibility index (Phi) is 4.27. The molecule has 1 fully saturated rings. The van der Waals surface area contributed by atoms with Gasteiger partial charge in [0.05, 0.1) is 33.0 Å². The number of hydrogen-bond donors (Lipinski definition) is 0. The van der Waals surface area contributed by atoms with Crippen LogP contribution in [0.15, 0.2) is 29.2 Å². The third-order valence-corrected chi connectivity index (χ3v) is 5.27. The molecule has 0 aromatic heterocycles. The second kappa shape index (κ2) is 5.93. The summed E-state index contributed by atoms with van der Waals surface area (Å²) in [4.78, 5) is 10.7. The SMILES string of the molecule is N#CC1CCCCC1S(=O)c1ccc([N+](=O)[O-])cc1. The highest BCUT2D eigenvalue weighted by molar-refractivity contribution is 7.85. The van der Waals surface area contributed by atoms with Crippen LogP contribution in [-0.4, -0.2) is 14.4 Å². The Labute approximate surface area is 113 Å². The fourth-order valence-corrected chi connectivity index (χ4v) is 4.01. The predicted molar refractivity (Wildman–Crippen MR) is 70.9 cm³/mol. The number of hydrogen-bond acceptors (Lipinski definition) is 4. The molecular formula is C13H14N2O3S. The van der Waals surface area contributed by atoms with Crippen LogP contribution in [0.25, 0.3) is 0 Å². The highest BCUT2D eigenvalue weighted by atomic mass is 32.2. The minimum absolute atomic E-state index is 0.0128. The van der Waals surface area contributed by atoms with Crippen LogP contribution in [0.1, 0.15) is 25.7 Å². The van der Waals surface area contributed by atoms with Gasteiger partial charge in [0, 0.05) is 17.0 Å². The molecule has 1 aromatic carbocycles. The lowest BCUT2D eigenvalue weighted by molar-refractivity contribution is -0.384. The van der Waals surface area contributed by atoms with Gasteiger partial charge in [0.1, 0.15) is 0 Å². The van der Waals surface area contributed by atoms with Crippen LogP contribution in [-0.2, 0) is 10.8 Å². The van der Waals surface area contributed by atoms with Gasteiger partial charge in [-0.3, -0.25) is 14.3 Å². The number of nitro groups is 1. The number of nitriles is 1. The molecule has 3 atom stereocenters. The average Bonchev–Trinajstić information content (AvgIpc) is 2.46. The van der Waals surface area contributed by atoms with Crippen molar-refractivity contribution in [1.29, 1.82) is 5.26 Å². The highest BCUT2D eigenvalue weighted by Gasteiger charge is 2.30. The first-order chi connectivity index (χ1) is 9.13. The van der Waals surface area contributed by atoms with Gasteiger partial charge < -0.3 is 0 Å².